The van der Waals surface area contributed by atoms with Crippen LogP contribution >= 0.6 is 0 Å². The molecule has 5 heteroatoms. The van der Waals surface area contributed by atoms with Crippen LogP contribution in [0, 0.1) is 0 Å². The van der Waals surface area contributed by atoms with Crippen LogP contribution in [0.4, 0.5) is 0 Å². The van der Waals surface area contributed by atoms with E-state index in [0.717, 1.165) is 36.0 Å². The van der Waals surface area contributed by atoms with Crippen LogP contribution in [0.2, 0.25) is 0 Å². The van der Waals surface area contributed by atoms with Crippen molar-refractivity contribution in [3.05, 3.63) is 47.5 Å². The third kappa shape index (κ3) is 3.55. The fraction of sp³-hybridized carbons (Fsp3) is 0.417. The van der Waals surface area contributed by atoms with E-state index in [0.29, 0.717) is 6.04 Å². The van der Waals surface area contributed by atoms with Crippen molar-refractivity contribution < 1.29 is 18.9 Å². The van der Waals surface area contributed by atoms with Crippen molar-refractivity contribution in [1.82, 2.24) is 4.90 Å². The Labute approximate surface area is 172 Å². The van der Waals surface area contributed by atoms with Gasteiger partial charge >= 0.3 is 0 Å². The molecule has 1 unspecified atom stereocenters. The maximum absolute atomic E-state index is 5.59. The number of hydrogen-bond acceptors (Lipinski definition) is 5. The number of ether oxygens (including phenoxy) is 4. The quantitative estimate of drug-likeness (QED) is 0.720. The predicted molar refractivity (Wildman–Crippen MR) is 115 cm³/mol. The highest BCUT2D eigenvalue weighted by atomic mass is 16.5. The third-order valence-corrected chi connectivity index (χ3v) is 6.10. The fourth-order valence-corrected chi connectivity index (χ4v) is 4.71. The summed E-state index contributed by atoms with van der Waals surface area (Å²) in [5.41, 5.74) is 5.16. The van der Waals surface area contributed by atoms with Crippen LogP contribution in [0.15, 0.2) is 36.4 Å². The first-order valence-corrected chi connectivity index (χ1v) is 10.1. The average Bonchev–Trinajstić information content (AvgIpc) is 3.26. The molecule has 2 aliphatic heterocycles. The van der Waals surface area contributed by atoms with Gasteiger partial charge in [0.05, 0.1) is 28.4 Å². The van der Waals surface area contributed by atoms with Crippen molar-refractivity contribution in [2.45, 2.75) is 25.3 Å². The third-order valence-electron chi connectivity index (χ3n) is 6.10. The molecule has 1 atom stereocenters. The van der Waals surface area contributed by atoms with Gasteiger partial charge in [-0.05, 0) is 72.3 Å². The van der Waals surface area contributed by atoms with E-state index in [1.807, 2.05) is 12.1 Å². The summed E-state index contributed by atoms with van der Waals surface area (Å²) in [6.07, 6.45) is 3.43. The molecule has 2 aromatic rings. The molecule has 0 bridgehead atoms. The van der Waals surface area contributed by atoms with Gasteiger partial charge in [0.2, 0.25) is 0 Å². The van der Waals surface area contributed by atoms with Crippen LogP contribution < -0.4 is 18.9 Å². The molecule has 0 amide bonds. The molecule has 29 heavy (non-hydrogen) atoms. The molecular formula is C24H29NO4. The summed E-state index contributed by atoms with van der Waals surface area (Å²) < 4.78 is 22.0. The van der Waals surface area contributed by atoms with E-state index >= 15 is 0 Å². The van der Waals surface area contributed by atoms with Crippen molar-refractivity contribution in [2.24, 2.45) is 0 Å². The van der Waals surface area contributed by atoms with Gasteiger partial charge in [-0.15, -0.1) is 0 Å². The van der Waals surface area contributed by atoms with Gasteiger partial charge in [0, 0.05) is 12.6 Å². The molecule has 0 saturated carbocycles. The largest absolute Gasteiger partial charge is 0.493 e. The summed E-state index contributed by atoms with van der Waals surface area (Å²) in [7, 11) is 6.72. The lowest BCUT2D eigenvalue weighted by Gasteiger charge is -2.35. The summed E-state index contributed by atoms with van der Waals surface area (Å²) in [5, 5.41) is 0. The first-order valence-electron chi connectivity index (χ1n) is 10.1. The number of fused-ring (bicyclic) bond motifs is 1. The first kappa shape index (κ1) is 19.6. The molecule has 4 rings (SSSR count). The minimum absolute atomic E-state index is 0.435. The molecule has 0 radical (unpaired) electrons. The lowest BCUT2D eigenvalue weighted by molar-refractivity contribution is 0.295. The standard InChI is InChI=1S/C24H29NO4/c1-26-20-9-7-16(14-22(20)28-3)18-11-13-25-12-5-6-19(25)24(18)17-8-10-21(27-2)23(15-17)29-4/h7-10,14-15,19H,5-6,11-13H2,1-4H3. The van der Waals surface area contributed by atoms with Gasteiger partial charge < -0.3 is 18.9 Å². The van der Waals surface area contributed by atoms with E-state index in [2.05, 4.69) is 29.2 Å². The SMILES string of the molecule is COc1ccc(C2=C(c3ccc(OC)c(OC)c3)C3CCCN3CC2)cc1OC. The van der Waals surface area contributed by atoms with Gasteiger partial charge in [-0.25, -0.2) is 0 Å². The summed E-state index contributed by atoms with van der Waals surface area (Å²) in [6, 6.07) is 12.9. The maximum Gasteiger partial charge on any atom is 0.161 e. The number of hydrogen-bond donors (Lipinski definition) is 0. The highest BCUT2D eigenvalue weighted by Crippen LogP contribution is 2.44. The Kier molecular flexibility index (Phi) is 5.67. The Bertz CT molecular complexity index is 921. The smallest absolute Gasteiger partial charge is 0.161 e. The zero-order valence-corrected chi connectivity index (χ0v) is 17.7. The second-order valence-corrected chi connectivity index (χ2v) is 7.48. The zero-order valence-electron chi connectivity index (χ0n) is 17.7. The fourth-order valence-electron chi connectivity index (χ4n) is 4.71. The maximum atomic E-state index is 5.59. The zero-order chi connectivity index (χ0) is 20.4. The highest BCUT2D eigenvalue weighted by Gasteiger charge is 2.34. The molecule has 0 aromatic heterocycles. The van der Waals surface area contributed by atoms with Crippen LogP contribution in [0.5, 0.6) is 23.0 Å². The van der Waals surface area contributed by atoms with Crippen molar-refractivity contribution in [3.8, 4) is 23.0 Å². The molecule has 0 spiro atoms. The van der Waals surface area contributed by atoms with Crippen LogP contribution in [-0.2, 0) is 0 Å². The Hall–Kier alpha value is -2.66. The number of benzene rings is 2. The van der Waals surface area contributed by atoms with Gasteiger partial charge in [0.25, 0.3) is 0 Å². The number of rotatable bonds is 6. The predicted octanol–water partition coefficient (Wildman–Crippen LogP) is 4.50. The van der Waals surface area contributed by atoms with Gasteiger partial charge in [-0.1, -0.05) is 12.1 Å². The first-order chi connectivity index (χ1) is 14.2. The van der Waals surface area contributed by atoms with Gasteiger partial charge in [0.1, 0.15) is 0 Å². The lowest BCUT2D eigenvalue weighted by Crippen LogP contribution is -2.35. The van der Waals surface area contributed by atoms with E-state index in [1.54, 1.807) is 28.4 Å². The average molecular weight is 395 g/mol. The normalized spacial score (nSPS) is 19.1. The van der Waals surface area contributed by atoms with Crippen LogP contribution in [0.25, 0.3) is 11.1 Å². The second-order valence-electron chi connectivity index (χ2n) is 7.48. The molecule has 1 saturated heterocycles. The van der Waals surface area contributed by atoms with Crippen LogP contribution in [0.1, 0.15) is 30.4 Å². The minimum atomic E-state index is 0.435. The van der Waals surface area contributed by atoms with Crippen molar-refractivity contribution in [3.63, 3.8) is 0 Å². The Balaban J connectivity index is 1.88. The Morgan fingerprint density at radius 3 is 1.93 bits per heavy atom. The number of nitrogens with zero attached hydrogens (tertiary/aromatic N) is 1. The van der Waals surface area contributed by atoms with Crippen molar-refractivity contribution >= 4 is 11.1 Å². The summed E-state index contributed by atoms with van der Waals surface area (Å²) in [4.78, 5) is 2.61. The van der Waals surface area contributed by atoms with E-state index in [-0.39, 0.29) is 0 Å². The molecule has 154 valence electrons. The second kappa shape index (κ2) is 8.37. The van der Waals surface area contributed by atoms with Gasteiger partial charge in [0.15, 0.2) is 23.0 Å². The molecule has 2 heterocycles. The van der Waals surface area contributed by atoms with Gasteiger partial charge in [-0.2, -0.15) is 0 Å². The van der Waals surface area contributed by atoms with Crippen molar-refractivity contribution in [2.75, 3.05) is 41.5 Å². The van der Waals surface area contributed by atoms with Crippen molar-refractivity contribution in [1.29, 1.82) is 0 Å². The van der Waals surface area contributed by atoms with Crippen LogP contribution in [0.3, 0.4) is 0 Å². The summed E-state index contributed by atoms with van der Waals surface area (Å²) in [6.45, 7) is 2.26. The molecule has 2 aromatic carbocycles. The number of methoxy groups -OCH3 is 4. The topological polar surface area (TPSA) is 40.2 Å². The summed E-state index contributed by atoms with van der Waals surface area (Å²) in [5.74, 6) is 3.03. The molecule has 0 aliphatic carbocycles. The summed E-state index contributed by atoms with van der Waals surface area (Å²) >= 11 is 0. The Morgan fingerprint density at radius 1 is 0.724 bits per heavy atom. The minimum Gasteiger partial charge on any atom is -0.493 e. The molecular weight excluding hydrogens is 366 g/mol. The highest BCUT2D eigenvalue weighted by molar-refractivity contribution is 5.95. The Morgan fingerprint density at radius 2 is 1.31 bits per heavy atom. The molecule has 1 fully saturated rings. The van der Waals surface area contributed by atoms with E-state index in [9.17, 15) is 0 Å². The lowest BCUT2D eigenvalue weighted by atomic mass is 9.84. The molecule has 5 nitrogen and oxygen atoms in total. The monoisotopic (exact) mass is 395 g/mol. The van der Waals surface area contributed by atoms with E-state index in [4.69, 9.17) is 18.9 Å². The molecule has 2 aliphatic rings. The van der Waals surface area contributed by atoms with E-state index in [1.165, 1.54) is 41.7 Å². The van der Waals surface area contributed by atoms with Gasteiger partial charge in [-0.3, -0.25) is 4.90 Å². The van der Waals surface area contributed by atoms with Crippen LogP contribution in [-0.4, -0.2) is 52.5 Å². The van der Waals surface area contributed by atoms with E-state index < -0.39 is 0 Å². The molecule has 0 N–H and O–H groups in total.